The predicted molar refractivity (Wildman–Crippen MR) is 97.9 cm³/mol. The Bertz CT molecular complexity index is 830. The fraction of sp³-hybridized carbons (Fsp3) is 0.300. The van der Waals surface area contributed by atoms with Gasteiger partial charge in [-0.3, -0.25) is 4.79 Å². The van der Waals surface area contributed by atoms with Gasteiger partial charge in [-0.05, 0) is 36.1 Å². The highest BCUT2D eigenvalue weighted by molar-refractivity contribution is 5.84. The summed E-state index contributed by atoms with van der Waals surface area (Å²) in [6.45, 7) is 5.65. The first-order valence-electron chi connectivity index (χ1n) is 8.40. The molecule has 2 rings (SSSR count). The van der Waals surface area contributed by atoms with Crippen LogP contribution in [0.1, 0.15) is 42.0 Å². The topological polar surface area (TPSA) is 50.7 Å². The number of nitrogens with zero attached hydrogens (tertiary/aromatic N) is 1. The molecular formula is C20H21F3N2O2. The molecule has 4 nitrogen and oxygen atoms in total. The first-order valence-corrected chi connectivity index (χ1v) is 8.40. The molecule has 0 heterocycles. The van der Waals surface area contributed by atoms with Crippen molar-refractivity contribution in [3.63, 3.8) is 0 Å². The number of nitrogens with one attached hydrogen (secondary N) is 1. The number of hydrogen-bond donors (Lipinski definition) is 1. The zero-order chi connectivity index (χ0) is 20.0. The minimum atomic E-state index is -4.49. The van der Waals surface area contributed by atoms with Gasteiger partial charge in [-0.25, -0.2) is 5.43 Å². The number of halogens is 3. The zero-order valence-corrected chi connectivity index (χ0v) is 15.3. The molecule has 0 aliphatic rings. The SMILES string of the molecule is Cc1ccc(C(C)C)c(OCC(=O)N/N=C\c2ccccc2C(F)(F)F)c1. The molecule has 144 valence electrons. The molecule has 0 aliphatic carbocycles. The third-order valence-electron chi connectivity index (χ3n) is 3.81. The Morgan fingerprint density at radius 1 is 1.22 bits per heavy atom. The van der Waals surface area contributed by atoms with E-state index in [0.29, 0.717) is 5.75 Å². The molecule has 0 aliphatic heterocycles. The Labute approximate surface area is 156 Å². The molecule has 0 aromatic heterocycles. The summed E-state index contributed by atoms with van der Waals surface area (Å²) in [5, 5.41) is 3.60. The van der Waals surface area contributed by atoms with Crippen LogP contribution in [-0.4, -0.2) is 18.7 Å². The Morgan fingerprint density at radius 2 is 1.93 bits per heavy atom. The number of hydrazone groups is 1. The van der Waals surface area contributed by atoms with Gasteiger partial charge in [0, 0.05) is 5.56 Å². The molecular weight excluding hydrogens is 357 g/mol. The quantitative estimate of drug-likeness (QED) is 0.587. The van der Waals surface area contributed by atoms with Crippen LogP contribution < -0.4 is 10.2 Å². The van der Waals surface area contributed by atoms with E-state index in [9.17, 15) is 18.0 Å². The molecule has 2 aromatic carbocycles. The van der Waals surface area contributed by atoms with Gasteiger partial charge in [0.1, 0.15) is 5.75 Å². The smallest absolute Gasteiger partial charge is 0.417 e. The van der Waals surface area contributed by atoms with E-state index < -0.39 is 17.6 Å². The summed E-state index contributed by atoms with van der Waals surface area (Å²) >= 11 is 0. The largest absolute Gasteiger partial charge is 0.483 e. The summed E-state index contributed by atoms with van der Waals surface area (Å²) in [4.78, 5) is 11.9. The van der Waals surface area contributed by atoms with Crippen molar-refractivity contribution >= 4 is 12.1 Å². The van der Waals surface area contributed by atoms with Gasteiger partial charge < -0.3 is 4.74 Å². The molecule has 1 N–H and O–H groups in total. The molecule has 2 aromatic rings. The van der Waals surface area contributed by atoms with Crippen LogP contribution in [0, 0.1) is 6.92 Å². The lowest BCUT2D eigenvalue weighted by Gasteiger charge is -2.14. The summed E-state index contributed by atoms with van der Waals surface area (Å²) in [5.41, 5.74) is 3.20. The number of benzene rings is 2. The van der Waals surface area contributed by atoms with Crippen molar-refractivity contribution in [2.75, 3.05) is 6.61 Å². The number of ether oxygens (including phenoxy) is 1. The highest BCUT2D eigenvalue weighted by Gasteiger charge is 2.32. The molecule has 1 amide bonds. The molecule has 7 heteroatoms. The third kappa shape index (κ3) is 5.84. The monoisotopic (exact) mass is 378 g/mol. The van der Waals surface area contributed by atoms with Crippen molar-refractivity contribution in [2.24, 2.45) is 5.10 Å². The number of amides is 1. The van der Waals surface area contributed by atoms with Crippen LogP contribution in [0.3, 0.4) is 0 Å². The van der Waals surface area contributed by atoms with Gasteiger partial charge in [0.2, 0.25) is 0 Å². The van der Waals surface area contributed by atoms with E-state index in [1.54, 1.807) is 0 Å². The molecule has 27 heavy (non-hydrogen) atoms. The van der Waals surface area contributed by atoms with Gasteiger partial charge in [-0.1, -0.05) is 44.2 Å². The van der Waals surface area contributed by atoms with Gasteiger partial charge in [-0.2, -0.15) is 18.3 Å². The third-order valence-corrected chi connectivity index (χ3v) is 3.81. The van der Waals surface area contributed by atoms with E-state index in [1.807, 2.05) is 39.0 Å². The maximum absolute atomic E-state index is 12.9. The van der Waals surface area contributed by atoms with Crippen molar-refractivity contribution in [1.29, 1.82) is 0 Å². The molecule has 0 radical (unpaired) electrons. The first-order chi connectivity index (χ1) is 12.7. The highest BCUT2D eigenvalue weighted by atomic mass is 19.4. The number of carbonyl (C=O) groups excluding carboxylic acids is 1. The van der Waals surface area contributed by atoms with E-state index in [2.05, 4.69) is 10.5 Å². The fourth-order valence-corrected chi connectivity index (χ4v) is 2.46. The highest BCUT2D eigenvalue weighted by Crippen LogP contribution is 2.31. The predicted octanol–water partition coefficient (Wildman–Crippen LogP) is 4.67. The summed E-state index contributed by atoms with van der Waals surface area (Å²) in [7, 11) is 0. The lowest BCUT2D eigenvalue weighted by Crippen LogP contribution is -2.25. The molecule has 0 spiro atoms. The number of aryl methyl sites for hydroxylation is 1. The molecule has 0 saturated carbocycles. The van der Waals surface area contributed by atoms with Gasteiger partial charge in [0.15, 0.2) is 6.61 Å². The second-order valence-corrected chi connectivity index (χ2v) is 6.36. The Morgan fingerprint density at radius 3 is 2.59 bits per heavy atom. The van der Waals surface area contributed by atoms with Gasteiger partial charge in [0.25, 0.3) is 5.91 Å². The minimum absolute atomic E-state index is 0.132. The van der Waals surface area contributed by atoms with Crippen molar-refractivity contribution < 1.29 is 22.7 Å². The average Bonchev–Trinajstić information content (AvgIpc) is 2.59. The number of hydrogen-bond acceptors (Lipinski definition) is 3. The van der Waals surface area contributed by atoms with E-state index in [4.69, 9.17) is 4.74 Å². The number of alkyl halides is 3. The maximum Gasteiger partial charge on any atom is 0.417 e. The van der Waals surface area contributed by atoms with Crippen molar-refractivity contribution in [1.82, 2.24) is 5.43 Å². The van der Waals surface area contributed by atoms with Gasteiger partial charge in [-0.15, -0.1) is 0 Å². The number of carbonyl (C=O) groups is 1. The van der Waals surface area contributed by atoms with E-state index in [0.717, 1.165) is 23.4 Å². The Kier molecular flexibility index (Phi) is 6.60. The Hall–Kier alpha value is -2.83. The maximum atomic E-state index is 12.9. The summed E-state index contributed by atoms with van der Waals surface area (Å²) in [6, 6.07) is 10.7. The fourth-order valence-electron chi connectivity index (χ4n) is 2.46. The molecule has 0 unspecified atom stereocenters. The molecule has 0 atom stereocenters. The van der Waals surface area contributed by atoms with Crippen LogP contribution >= 0.6 is 0 Å². The number of rotatable bonds is 6. The second-order valence-electron chi connectivity index (χ2n) is 6.36. The van der Waals surface area contributed by atoms with Crippen LogP contribution in [-0.2, 0) is 11.0 Å². The Balaban J connectivity index is 1.98. The minimum Gasteiger partial charge on any atom is -0.483 e. The first kappa shape index (κ1) is 20.5. The molecule has 0 saturated heterocycles. The van der Waals surface area contributed by atoms with Crippen LogP contribution in [0.25, 0.3) is 0 Å². The standard InChI is InChI=1S/C20H21F3N2O2/c1-13(2)16-9-8-14(3)10-18(16)27-12-19(26)25-24-11-15-6-4-5-7-17(15)20(21,22)23/h4-11,13H,12H2,1-3H3,(H,25,26)/b24-11-. The summed E-state index contributed by atoms with van der Waals surface area (Å²) in [6.07, 6.45) is -3.53. The van der Waals surface area contributed by atoms with Crippen LogP contribution in [0.2, 0.25) is 0 Å². The van der Waals surface area contributed by atoms with Crippen molar-refractivity contribution in [2.45, 2.75) is 32.9 Å². The van der Waals surface area contributed by atoms with Crippen LogP contribution in [0.5, 0.6) is 5.75 Å². The van der Waals surface area contributed by atoms with Crippen molar-refractivity contribution in [3.8, 4) is 5.75 Å². The zero-order valence-electron chi connectivity index (χ0n) is 15.3. The van der Waals surface area contributed by atoms with E-state index in [-0.39, 0.29) is 18.1 Å². The van der Waals surface area contributed by atoms with Crippen molar-refractivity contribution in [3.05, 3.63) is 64.7 Å². The molecule has 0 fully saturated rings. The average molecular weight is 378 g/mol. The normalized spacial score (nSPS) is 11.8. The van der Waals surface area contributed by atoms with Crippen LogP contribution in [0.15, 0.2) is 47.6 Å². The lowest BCUT2D eigenvalue weighted by molar-refractivity contribution is -0.137. The lowest BCUT2D eigenvalue weighted by atomic mass is 10.0. The van der Waals surface area contributed by atoms with Crippen LogP contribution in [0.4, 0.5) is 13.2 Å². The van der Waals surface area contributed by atoms with Gasteiger partial charge in [0.05, 0.1) is 11.8 Å². The van der Waals surface area contributed by atoms with Gasteiger partial charge >= 0.3 is 6.18 Å². The van der Waals surface area contributed by atoms with E-state index in [1.165, 1.54) is 18.2 Å². The summed E-state index contributed by atoms with van der Waals surface area (Å²) in [5.74, 6) is 0.263. The summed E-state index contributed by atoms with van der Waals surface area (Å²) < 4.78 is 44.3. The van der Waals surface area contributed by atoms with E-state index >= 15 is 0 Å². The second kappa shape index (κ2) is 8.70. The molecule has 0 bridgehead atoms.